The van der Waals surface area contributed by atoms with Gasteiger partial charge in [0.15, 0.2) is 11.4 Å². The molecule has 0 aliphatic heterocycles. The maximum Gasteiger partial charge on any atom is 0.189 e. The van der Waals surface area contributed by atoms with Crippen LogP contribution in [-0.2, 0) is 0 Å². The van der Waals surface area contributed by atoms with Gasteiger partial charge in [-0.1, -0.05) is 66.7 Å². The second kappa shape index (κ2) is 9.74. The molecule has 6 aromatic carbocycles. The van der Waals surface area contributed by atoms with E-state index in [1.807, 2.05) is 72.8 Å². The molecule has 2 heterocycles. The number of benzene rings is 6. The van der Waals surface area contributed by atoms with Crippen molar-refractivity contribution in [3.05, 3.63) is 156 Å². The summed E-state index contributed by atoms with van der Waals surface area (Å²) in [7, 11) is 0. The summed E-state index contributed by atoms with van der Waals surface area (Å²) in [6, 6.07) is 44.7. The lowest BCUT2D eigenvalue weighted by atomic mass is 10.0. The van der Waals surface area contributed by atoms with Gasteiger partial charge >= 0.3 is 0 Å². The first-order valence-electron chi connectivity index (χ1n) is 14.1. The molecule has 202 valence electrons. The Labute approximate surface area is 253 Å². The molecule has 44 heavy (non-hydrogen) atoms. The highest BCUT2D eigenvalue weighted by molar-refractivity contribution is 6.15. The number of nitrogens with zero attached hydrogens (tertiary/aromatic N) is 5. The number of fused-ring (bicyclic) bond motifs is 6. The molecule has 8 rings (SSSR count). The van der Waals surface area contributed by atoms with E-state index < -0.39 is 0 Å². The van der Waals surface area contributed by atoms with E-state index in [0.717, 1.165) is 66.1 Å². The predicted octanol–water partition coefficient (Wildman–Crippen LogP) is 10.5. The van der Waals surface area contributed by atoms with Crippen molar-refractivity contribution >= 4 is 55.0 Å². The summed E-state index contributed by atoms with van der Waals surface area (Å²) in [5.74, 6) is 0. The fourth-order valence-corrected chi connectivity index (χ4v) is 6.46. The zero-order chi connectivity index (χ0) is 29.8. The molecule has 0 atom stereocenters. The fraction of sp³-hybridized carbons (Fsp3) is 0. The first-order chi connectivity index (χ1) is 21.7. The first-order valence-corrected chi connectivity index (χ1v) is 14.1. The molecule has 0 aliphatic rings. The molecule has 0 N–H and O–H groups in total. The highest BCUT2D eigenvalue weighted by atomic mass is 15.0. The van der Waals surface area contributed by atoms with Crippen molar-refractivity contribution < 1.29 is 0 Å². The molecule has 0 spiro atoms. The summed E-state index contributed by atoms with van der Waals surface area (Å²) < 4.78 is 4.46. The van der Waals surface area contributed by atoms with E-state index in [1.165, 1.54) is 0 Å². The minimum Gasteiger partial charge on any atom is -0.310 e. The zero-order valence-corrected chi connectivity index (χ0v) is 23.4. The van der Waals surface area contributed by atoms with Crippen molar-refractivity contribution in [1.29, 1.82) is 5.26 Å². The molecule has 0 saturated heterocycles. The lowest BCUT2D eigenvalue weighted by Crippen LogP contribution is -1.97. The van der Waals surface area contributed by atoms with Gasteiger partial charge in [0.2, 0.25) is 0 Å². The predicted molar refractivity (Wildman–Crippen MR) is 178 cm³/mol. The van der Waals surface area contributed by atoms with Crippen LogP contribution in [0.5, 0.6) is 0 Å². The summed E-state index contributed by atoms with van der Waals surface area (Å²) >= 11 is 0. The van der Waals surface area contributed by atoms with Gasteiger partial charge in [-0.3, -0.25) is 0 Å². The van der Waals surface area contributed by atoms with Gasteiger partial charge in [0, 0.05) is 33.1 Å². The summed E-state index contributed by atoms with van der Waals surface area (Å²) in [6.45, 7) is 15.2. The molecule has 2 aromatic heterocycles. The molecule has 0 fully saturated rings. The smallest absolute Gasteiger partial charge is 0.189 e. The third-order valence-electron chi connectivity index (χ3n) is 8.33. The summed E-state index contributed by atoms with van der Waals surface area (Å²) in [5, 5.41) is 13.8. The van der Waals surface area contributed by atoms with E-state index in [1.54, 1.807) is 0 Å². The molecule has 0 unspecified atom stereocenters. The maximum absolute atomic E-state index is 9.57. The molecule has 0 bridgehead atoms. The minimum atomic E-state index is 0.570. The summed E-state index contributed by atoms with van der Waals surface area (Å²) in [5.41, 5.74) is 9.91. The van der Waals surface area contributed by atoms with Crippen LogP contribution >= 0.6 is 0 Å². The Morgan fingerprint density at radius 3 is 2.02 bits per heavy atom. The molecule has 0 saturated carbocycles. The topological polar surface area (TPSA) is 42.4 Å². The summed E-state index contributed by atoms with van der Waals surface area (Å²) in [4.78, 5) is 7.38. The van der Waals surface area contributed by atoms with E-state index in [9.17, 15) is 5.26 Å². The average Bonchev–Trinajstić information content (AvgIpc) is 3.60. The van der Waals surface area contributed by atoms with Gasteiger partial charge in [0.1, 0.15) is 0 Å². The molecule has 8 aromatic rings. The highest BCUT2D eigenvalue weighted by Gasteiger charge is 2.18. The Balaban J connectivity index is 1.43. The molecule has 0 amide bonds. The number of hydrogen-bond donors (Lipinski definition) is 0. The number of rotatable bonds is 3. The van der Waals surface area contributed by atoms with Crippen molar-refractivity contribution in [1.82, 2.24) is 9.13 Å². The van der Waals surface area contributed by atoms with Crippen molar-refractivity contribution in [3.8, 4) is 28.6 Å². The second-order valence-electron chi connectivity index (χ2n) is 10.7. The van der Waals surface area contributed by atoms with Crippen LogP contribution in [0.1, 0.15) is 5.56 Å². The lowest BCUT2D eigenvalue weighted by molar-refractivity contribution is 1.17. The Morgan fingerprint density at radius 1 is 0.523 bits per heavy atom. The third-order valence-corrected chi connectivity index (χ3v) is 8.33. The van der Waals surface area contributed by atoms with Crippen LogP contribution < -0.4 is 0 Å². The normalized spacial score (nSPS) is 11.1. The Bertz CT molecular complexity index is 2600. The van der Waals surface area contributed by atoms with Crippen molar-refractivity contribution in [2.24, 2.45) is 0 Å². The largest absolute Gasteiger partial charge is 0.310 e. The van der Waals surface area contributed by atoms with Gasteiger partial charge in [0.25, 0.3) is 0 Å². The Hall–Kier alpha value is -6.61. The Kier molecular flexibility index (Phi) is 5.56. The van der Waals surface area contributed by atoms with Crippen LogP contribution in [-0.4, -0.2) is 9.13 Å². The molecular weight excluding hydrogens is 538 g/mol. The number of para-hydroxylation sites is 2. The third kappa shape index (κ3) is 3.70. The first kappa shape index (κ1) is 25.1. The van der Waals surface area contributed by atoms with Gasteiger partial charge in [-0.25, -0.2) is 9.69 Å². The van der Waals surface area contributed by atoms with Crippen LogP contribution in [0.2, 0.25) is 0 Å². The van der Waals surface area contributed by atoms with Crippen molar-refractivity contribution in [2.75, 3.05) is 0 Å². The summed E-state index contributed by atoms with van der Waals surface area (Å²) in [6.07, 6.45) is 0. The van der Waals surface area contributed by atoms with Gasteiger partial charge in [-0.15, -0.1) is 0 Å². The quantitative estimate of drug-likeness (QED) is 0.199. The van der Waals surface area contributed by atoms with Gasteiger partial charge in [-0.2, -0.15) is 5.26 Å². The van der Waals surface area contributed by atoms with Crippen LogP contribution in [0.25, 0.3) is 75.8 Å². The number of hydrogen-bond acceptors (Lipinski definition) is 1. The van der Waals surface area contributed by atoms with E-state index in [2.05, 4.69) is 79.5 Å². The molecule has 5 heteroatoms. The molecular formula is C39H21N5. The second-order valence-corrected chi connectivity index (χ2v) is 10.7. The monoisotopic (exact) mass is 559 g/mol. The molecule has 5 nitrogen and oxygen atoms in total. The number of nitriles is 1. The zero-order valence-electron chi connectivity index (χ0n) is 23.4. The van der Waals surface area contributed by atoms with Crippen LogP contribution in [0.3, 0.4) is 0 Å². The van der Waals surface area contributed by atoms with Gasteiger partial charge < -0.3 is 9.13 Å². The fourth-order valence-electron chi connectivity index (χ4n) is 6.46. The van der Waals surface area contributed by atoms with E-state index in [4.69, 9.17) is 13.1 Å². The average molecular weight is 560 g/mol. The highest BCUT2D eigenvalue weighted by Crippen LogP contribution is 2.41. The minimum absolute atomic E-state index is 0.570. The standard InChI is InChI=1S/C39H21N5/c1-41-27-9-6-11-30(22-27)44-38-19-17-28(42-2)23-35(38)33-14-7-13-31(39(33)44)26-8-5-10-29(21-26)43-36-15-4-3-12-32(36)34-20-25(24-40)16-18-37(34)43/h3-23H. The van der Waals surface area contributed by atoms with E-state index in [0.29, 0.717) is 16.9 Å². The van der Waals surface area contributed by atoms with E-state index in [-0.39, 0.29) is 0 Å². The van der Waals surface area contributed by atoms with Gasteiger partial charge in [-0.05, 0) is 71.6 Å². The van der Waals surface area contributed by atoms with Gasteiger partial charge in [0.05, 0.1) is 46.8 Å². The Morgan fingerprint density at radius 2 is 1.18 bits per heavy atom. The van der Waals surface area contributed by atoms with E-state index >= 15 is 0 Å². The maximum atomic E-state index is 9.57. The van der Waals surface area contributed by atoms with Crippen LogP contribution in [0.15, 0.2) is 127 Å². The number of aromatic nitrogens is 2. The molecule has 0 radical (unpaired) electrons. The van der Waals surface area contributed by atoms with Crippen molar-refractivity contribution in [2.45, 2.75) is 0 Å². The van der Waals surface area contributed by atoms with Crippen LogP contribution in [0, 0.1) is 24.5 Å². The van der Waals surface area contributed by atoms with Crippen molar-refractivity contribution in [3.63, 3.8) is 0 Å². The molecule has 0 aliphatic carbocycles. The van der Waals surface area contributed by atoms with Crippen LogP contribution in [0.4, 0.5) is 11.4 Å². The SMILES string of the molecule is [C-]#[N+]c1cccc(-n2c3ccc([N+]#[C-])cc3c3cccc(-c4cccc(-n5c6ccccc6c6cc(C#N)ccc65)c4)c32)c1. The lowest BCUT2D eigenvalue weighted by Gasteiger charge is -2.14.